The molecule has 1 aliphatic heterocycles. The molecule has 16 heavy (non-hydrogen) atoms. The SMILES string of the molecule is COC(C)CN1CCC(CNC2CC2)CC1. The lowest BCUT2D eigenvalue weighted by Gasteiger charge is -2.33. The number of methoxy groups -OCH3 is 1. The van der Waals surface area contributed by atoms with Crippen molar-refractivity contribution in [1.82, 2.24) is 10.2 Å². The van der Waals surface area contributed by atoms with Gasteiger partial charge in [0.1, 0.15) is 0 Å². The fraction of sp³-hybridized carbons (Fsp3) is 1.00. The van der Waals surface area contributed by atoms with E-state index < -0.39 is 0 Å². The van der Waals surface area contributed by atoms with Crippen LogP contribution in [-0.4, -0.2) is 50.3 Å². The first-order valence-electron chi connectivity index (χ1n) is 6.76. The lowest BCUT2D eigenvalue weighted by atomic mass is 9.96. The first-order chi connectivity index (χ1) is 7.78. The first-order valence-corrected chi connectivity index (χ1v) is 6.76. The summed E-state index contributed by atoms with van der Waals surface area (Å²) in [5, 5.41) is 3.65. The van der Waals surface area contributed by atoms with Crippen LogP contribution in [0.4, 0.5) is 0 Å². The van der Waals surface area contributed by atoms with Gasteiger partial charge in [-0.15, -0.1) is 0 Å². The van der Waals surface area contributed by atoms with Gasteiger partial charge in [0.05, 0.1) is 6.10 Å². The summed E-state index contributed by atoms with van der Waals surface area (Å²) >= 11 is 0. The van der Waals surface area contributed by atoms with Gasteiger partial charge in [-0.25, -0.2) is 0 Å². The minimum Gasteiger partial charge on any atom is -0.380 e. The molecule has 1 saturated carbocycles. The zero-order chi connectivity index (χ0) is 11.4. The number of ether oxygens (including phenoxy) is 1. The van der Waals surface area contributed by atoms with Crippen LogP contribution in [0.3, 0.4) is 0 Å². The molecule has 0 aromatic carbocycles. The number of piperidine rings is 1. The van der Waals surface area contributed by atoms with E-state index in [2.05, 4.69) is 17.1 Å². The van der Waals surface area contributed by atoms with E-state index >= 15 is 0 Å². The summed E-state index contributed by atoms with van der Waals surface area (Å²) in [6.07, 6.45) is 5.90. The van der Waals surface area contributed by atoms with Crippen LogP contribution in [0.25, 0.3) is 0 Å². The van der Waals surface area contributed by atoms with E-state index in [-0.39, 0.29) is 0 Å². The lowest BCUT2D eigenvalue weighted by molar-refractivity contribution is 0.0626. The van der Waals surface area contributed by atoms with Gasteiger partial charge in [-0.1, -0.05) is 0 Å². The summed E-state index contributed by atoms with van der Waals surface area (Å²) < 4.78 is 5.31. The molecule has 2 aliphatic rings. The monoisotopic (exact) mass is 226 g/mol. The fourth-order valence-electron chi connectivity index (χ4n) is 2.43. The molecule has 2 rings (SSSR count). The number of nitrogens with zero attached hydrogens (tertiary/aromatic N) is 1. The van der Waals surface area contributed by atoms with Crippen LogP contribution >= 0.6 is 0 Å². The second kappa shape index (κ2) is 5.99. The molecule has 0 spiro atoms. The predicted molar refractivity (Wildman–Crippen MR) is 66.7 cm³/mol. The van der Waals surface area contributed by atoms with Crippen LogP contribution < -0.4 is 5.32 Å². The van der Waals surface area contributed by atoms with Crippen molar-refractivity contribution in [1.29, 1.82) is 0 Å². The maximum Gasteiger partial charge on any atom is 0.0670 e. The Hall–Kier alpha value is -0.120. The number of nitrogens with one attached hydrogen (secondary N) is 1. The van der Waals surface area contributed by atoms with E-state index in [1.165, 1.54) is 45.3 Å². The topological polar surface area (TPSA) is 24.5 Å². The van der Waals surface area contributed by atoms with Crippen LogP contribution in [0.5, 0.6) is 0 Å². The smallest absolute Gasteiger partial charge is 0.0670 e. The van der Waals surface area contributed by atoms with Gasteiger partial charge in [-0.2, -0.15) is 0 Å². The summed E-state index contributed by atoms with van der Waals surface area (Å²) in [7, 11) is 1.80. The Morgan fingerprint density at radius 1 is 1.25 bits per heavy atom. The molecule has 0 aromatic heterocycles. The van der Waals surface area contributed by atoms with E-state index in [1.54, 1.807) is 7.11 Å². The molecule has 0 radical (unpaired) electrons. The summed E-state index contributed by atoms with van der Waals surface area (Å²) in [5.74, 6) is 0.912. The molecule has 0 aromatic rings. The van der Waals surface area contributed by atoms with Crippen LogP contribution in [-0.2, 0) is 4.74 Å². The molecule has 1 aliphatic carbocycles. The molecule has 2 fully saturated rings. The minimum atomic E-state index is 0.376. The Morgan fingerprint density at radius 3 is 2.50 bits per heavy atom. The van der Waals surface area contributed by atoms with E-state index in [4.69, 9.17) is 4.74 Å². The molecular formula is C13H26N2O. The van der Waals surface area contributed by atoms with Crippen molar-refractivity contribution in [3.05, 3.63) is 0 Å². The average molecular weight is 226 g/mol. The van der Waals surface area contributed by atoms with Crippen LogP contribution in [0.1, 0.15) is 32.6 Å². The van der Waals surface area contributed by atoms with E-state index in [9.17, 15) is 0 Å². The number of hydrogen-bond donors (Lipinski definition) is 1. The van der Waals surface area contributed by atoms with Crippen LogP contribution in [0.2, 0.25) is 0 Å². The molecule has 3 nitrogen and oxygen atoms in total. The van der Waals surface area contributed by atoms with E-state index in [0.29, 0.717) is 6.10 Å². The molecule has 0 bridgehead atoms. The molecule has 1 atom stereocenters. The van der Waals surface area contributed by atoms with E-state index in [1.807, 2.05) is 0 Å². The van der Waals surface area contributed by atoms with Crippen molar-refractivity contribution in [2.45, 2.75) is 44.8 Å². The van der Waals surface area contributed by atoms with Gasteiger partial charge in [0.2, 0.25) is 0 Å². The third kappa shape index (κ3) is 4.04. The highest BCUT2D eigenvalue weighted by atomic mass is 16.5. The second-order valence-electron chi connectivity index (χ2n) is 5.47. The Labute approximate surface area is 99.5 Å². The Morgan fingerprint density at radius 2 is 1.94 bits per heavy atom. The van der Waals surface area contributed by atoms with Crippen LogP contribution in [0.15, 0.2) is 0 Å². The van der Waals surface area contributed by atoms with Crippen molar-refractivity contribution >= 4 is 0 Å². The summed E-state index contributed by atoms with van der Waals surface area (Å²) in [6, 6.07) is 0.867. The fourth-order valence-corrected chi connectivity index (χ4v) is 2.43. The van der Waals surface area contributed by atoms with Gasteiger partial charge in [-0.3, -0.25) is 0 Å². The number of likely N-dealkylation sites (tertiary alicyclic amines) is 1. The largest absolute Gasteiger partial charge is 0.380 e. The van der Waals surface area contributed by atoms with Gasteiger partial charge in [0.15, 0.2) is 0 Å². The normalized spacial score (nSPS) is 25.9. The summed E-state index contributed by atoms with van der Waals surface area (Å²) in [5.41, 5.74) is 0. The highest BCUT2D eigenvalue weighted by Crippen LogP contribution is 2.21. The number of hydrogen-bond acceptors (Lipinski definition) is 3. The van der Waals surface area contributed by atoms with Gasteiger partial charge in [-0.05, 0) is 58.2 Å². The van der Waals surface area contributed by atoms with Gasteiger partial charge < -0.3 is 15.0 Å². The van der Waals surface area contributed by atoms with Crippen molar-refractivity contribution in [3.63, 3.8) is 0 Å². The van der Waals surface area contributed by atoms with Crippen molar-refractivity contribution in [2.24, 2.45) is 5.92 Å². The zero-order valence-electron chi connectivity index (χ0n) is 10.7. The predicted octanol–water partition coefficient (Wildman–Crippen LogP) is 1.49. The van der Waals surface area contributed by atoms with Crippen LogP contribution in [0, 0.1) is 5.92 Å². The standard InChI is InChI=1S/C13H26N2O/c1-11(16-2)10-15-7-5-12(6-8-15)9-14-13-3-4-13/h11-14H,3-10H2,1-2H3. The Bertz CT molecular complexity index is 198. The Kier molecular flexibility index (Phi) is 4.62. The van der Waals surface area contributed by atoms with Crippen molar-refractivity contribution in [3.8, 4) is 0 Å². The minimum absolute atomic E-state index is 0.376. The van der Waals surface area contributed by atoms with Gasteiger partial charge >= 0.3 is 0 Å². The molecule has 0 amide bonds. The van der Waals surface area contributed by atoms with Gasteiger partial charge in [0, 0.05) is 19.7 Å². The number of rotatable bonds is 6. The average Bonchev–Trinajstić information content (AvgIpc) is 3.12. The maximum absolute atomic E-state index is 5.31. The quantitative estimate of drug-likeness (QED) is 0.742. The maximum atomic E-state index is 5.31. The highest BCUT2D eigenvalue weighted by Gasteiger charge is 2.24. The molecule has 3 heteroatoms. The van der Waals surface area contributed by atoms with Gasteiger partial charge in [0.25, 0.3) is 0 Å². The molecule has 1 N–H and O–H groups in total. The highest BCUT2D eigenvalue weighted by molar-refractivity contribution is 4.83. The first kappa shape index (κ1) is 12.3. The summed E-state index contributed by atoms with van der Waals surface area (Å²) in [4.78, 5) is 2.54. The molecular weight excluding hydrogens is 200 g/mol. The van der Waals surface area contributed by atoms with E-state index in [0.717, 1.165) is 18.5 Å². The lowest BCUT2D eigenvalue weighted by Crippen LogP contribution is -2.41. The molecule has 1 saturated heterocycles. The second-order valence-corrected chi connectivity index (χ2v) is 5.47. The third-order valence-electron chi connectivity index (χ3n) is 3.90. The molecule has 1 unspecified atom stereocenters. The third-order valence-corrected chi connectivity index (χ3v) is 3.90. The zero-order valence-corrected chi connectivity index (χ0v) is 10.7. The van der Waals surface area contributed by atoms with Crippen molar-refractivity contribution < 1.29 is 4.74 Å². The molecule has 94 valence electrons. The molecule has 1 heterocycles. The van der Waals surface area contributed by atoms with Crippen molar-refractivity contribution in [2.75, 3.05) is 33.3 Å². The Balaban J connectivity index is 1.57. The summed E-state index contributed by atoms with van der Waals surface area (Å²) in [6.45, 7) is 7.01.